The number of halogens is 2. The Morgan fingerprint density at radius 2 is 1.89 bits per heavy atom. The molecule has 0 spiro atoms. The highest BCUT2D eigenvalue weighted by atomic mass is 79.9. The Kier molecular flexibility index (Phi) is 6.06. The van der Waals surface area contributed by atoms with Crippen molar-refractivity contribution in [1.29, 1.82) is 0 Å². The van der Waals surface area contributed by atoms with E-state index in [2.05, 4.69) is 43.4 Å². The SMILES string of the molecule is CSC1CCCCC1NCc1cc(Br)c(O)c(Br)c1. The number of rotatable bonds is 4. The lowest BCUT2D eigenvalue weighted by atomic mass is 9.94. The number of hydrogen-bond acceptors (Lipinski definition) is 3. The third kappa shape index (κ3) is 4.13. The van der Waals surface area contributed by atoms with Crippen molar-refractivity contribution in [1.82, 2.24) is 5.32 Å². The number of benzene rings is 1. The summed E-state index contributed by atoms with van der Waals surface area (Å²) >= 11 is 8.73. The first-order valence-electron chi connectivity index (χ1n) is 6.55. The Hall–Kier alpha value is 0.290. The second kappa shape index (κ2) is 7.34. The van der Waals surface area contributed by atoms with Crippen LogP contribution in [0.3, 0.4) is 0 Å². The van der Waals surface area contributed by atoms with E-state index in [-0.39, 0.29) is 5.75 Å². The molecule has 1 saturated carbocycles. The standard InChI is InChI=1S/C14H19Br2NOS/c1-19-13-5-3-2-4-12(13)17-8-9-6-10(15)14(18)11(16)7-9/h6-7,12-13,17-18H,2-5,8H2,1H3. The summed E-state index contributed by atoms with van der Waals surface area (Å²) in [5.74, 6) is 0.267. The molecule has 0 radical (unpaired) electrons. The summed E-state index contributed by atoms with van der Waals surface area (Å²) < 4.78 is 1.48. The van der Waals surface area contributed by atoms with Gasteiger partial charge in [-0.3, -0.25) is 0 Å². The molecule has 2 N–H and O–H groups in total. The summed E-state index contributed by atoms with van der Waals surface area (Å²) in [5, 5.41) is 14.1. The molecule has 19 heavy (non-hydrogen) atoms. The molecule has 2 rings (SSSR count). The molecule has 1 fully saturated rings. The van der Waals surface area contributed by atoms with E-state index in [9.17, 15) is 5.11 Å². The van der Waals surface area contributed by atoms with Crippen LogP contribution in [0.4, 0.5) is 0 Å². The number of phenolic OH excluding ortho intramolecular Hbond substituents is 1. The van der Waals surface area contributed by atoms with Crippen molar-refractivity contribution in [3.8, 4) is 5.75 Å². The zero-order chi connectivity index (χ0) is 13.8. The van der Waals surface area contributed by atoms with E-state index in [1.54, 1.807) is 0 Å². The highest BCUT2D eigenvalue weighted by molar-refractivity contribution is 9.11. The summed E-state index contributed by atoms with van der Waals surface area (Å²) in [6.45, 7) is 0.846. The minimum atomic E-state index is 0.267. The molecule has 2 atom stereocenters. The van der Waals surface area contributed by atoms with Crippen molar-refractivity contribution in [2.45, 2.75) is 43.5 Å². The van der Waals surface area contributed by atoms with Gasteiger partial charge in [0, 0.05) is 17.8 Å². The van der Waals surface area contributed by atoms with Crippen molar-refractivity contribution in [3.63, 3.8) is 0 Å². The highest BCUT2D eigenvalue weighted by Crippen LogP contribution is 2.33. The van der Waals surface area contributed by atoms with Crippen LogP contribution in [0, 0.1) is 0 Å². The van der Waals surface area contributed by atoms with Gasteiger partial charge in [0.1, 0.15) is 5.75 Å². The molecule has 0 aliphatic heterocycles. The second-order valence-corrected chi connectivity index (χ2v) is 7.74. The summed E-state index contributed by atoms with van der Waals surface area (Å²) in [7, 11) is 0. The van der Waals surface area contributed by atoms with Gasteiger partial charge in [0.05, 0.1) is 8.95 Å². The number of aromatic hydroxyl groups is 1. The smallest absolute Gasteiger partial charge is 0.143 e. The van der Waals surface area contributed by atoms with Gasteiger partial charge in [0.2, 0.25) is 0 Å². The van der Waals surface area contributed by atoms with Crippen LogP contribution in [-0.4, -0.2) is 22.7 Å². The lowest BCUT2D eigenvalue weighted by Crippen LogP contribution is -2.39. The van der Waals surface area contributed by atoms with Crippen molar-refractivity contribution in [2.75, 3.05) is 6.26 Å². The van der Waals surface area contributed by atoms with Crippen LogP contribution in [0.2, 0.25) is 0 Å². The zero-order valence-electron chi connectivity index (χ0n) is 11.0. The lowest BCUT2D eigenvalue weighted by molar-refractivity contribution is 0.383. The predicted octanol–water partition coefficient (Wildman–Crippen LogP) is 4.68. The average Bonchev–Trinajstić information content (AvgIpc) is 2.42. The number of phenols is 1. The highest BCUT2D eigenvalue weighted by Gasteiger charge is 2.23. The minimum absolute atomic E-state index is 0.267. The van der Waals surface area contributed by atoms with E-state index < -0.39 is 0 Å². The topological polar surface area (TPSA) is 32.3 Å². The van der Waals surface area contributed by atoms with Crippen LogP contribution in [0.1, 0.15) is 31.2 Å². The minimum Gasteiger partial charge on any atom is -0.506 e. The Labute approximate surface area is 136 Å². The first kappa shape index (κ1) is 15.7. The molecular formula is C14H19Br2NOS. The van der Waals surface area contributed by atoms with Crippen molar-refractivity contribution in [2.24, 2.45) is 0 Å². The molecule has 1 aromatic carbocycles. The zero-order valence-corrected chi connectivity index (χ0v) is 14.9. The fourth-order valence-corrected chi connectivity index (χ4v) is 4.83. The lowest BCUT2D eigenvalue weighted by Gasteiger charge is -2.31. The summed E-state index contributed by atoms with van der Waals surface area (Å²) in [6, 6.07) is 4.56. The number of thioether (sulfide) groups is 1. The number of nitrogens with one attached hydrogen (secondary N) is 1. The molecule has 1 aliphatic rings. The molecule has 5 heteroatoms. The van der Waals surface area contributed by atoms with Crippen molar-refractivity contribution < 1.29 is 5.11 Å². The van der Waals surface area contributed by atoms with E-state index >= 15 is 0 Å². The first-order valence-corrected chi connectivity index (χ1v) is 9.42. The van der Waals surface area contributed by atoms with Gasteiger partial charge in [-0.1, -0.05) is 12.8 Å². The summed E-state index contributed by atoms with van der Waals surface area (Å²) in [4.78, 5) is 0. The van der Waals surface area contributed by atoms with Gasteiger partial charge in [-0.25, -0.2) is 0 Å². The molecule has 2 unspecified atom stereocenters. The predicted molar refractivity (Wildman–Crippen MR) is 89.9 cm³/mol. The van der Waals surface area contributed by atoms with E-state index in [0.717, 1.165) is 20.7 Å². The summed E-state index contributed by atoms with van der Waals surface area (Å²) in [5.41, 5.74) is 1.18. The van der Waals surface area contributed by atoms with E-state index in [1.165, 1.54) is 31.2 Å². The van der Waals surface area contributed by atoms with Gasteiger partial charge >= 0.3 is 0 Å². The average molecular weight is 409 g/mol. The molecular weight excluding hydrogens is 390 g/mol. The van der Waals surface area contributed by atoms with Crippen LogP contribution >= 0.6 is 43.6 Å². The van der Waals surface area contributed by atoms with Crippen LogP contribution in [0.5, 0.6) is 5.75 Å². The van der Waals surface area contributed by atoms with Crippen LogP contribution in [-0.2, 0) is 6.54 Å². The monoisotopic (exact) mass is 407 g/mol. The van der Waals surface area contributed by atoms with Crippen LogP contribution in [0.15, 0.2) is 21.1 Å². The fraction of sp³-hybridized carbons (Fsp3) is 0.571. The Morgan fingerprint density at radius 1 is 1.26 bits per heavy atom. The third-order valence-corrected chi connectivity index (χ3v) is 6.03. The largest absolute Gasteiger partial charge is 0.506 e. The van der Waals surface area contributed by atoms with Gasteiger partial charge in [0.15, 0.2) is 0 Å². The Morgan fingerprint density at radius 3 is 2.53 bits per heavy atom. The number of hydrogen-bond donors (Lipinski definition) is 2. The molecule has 0 bridgehead atoms. The molecule has 1 aromatic rings. The van der Waals surface area contributed by atoms with E-state index in [0.29, 0.717) is 6.04 Å². The first-order chi connectivity index (χ1) is 9.11. The maximum Gasteiger partial charge on any atom is 0.143 e. The van der Waals surface area contributed by atoms with Crippen LogP contribution < -0.4 is 5.32 Å². The molecule has 2 nitrogen and oxygen atoms in total. The van der Waals surface area contributed by atoms with Gasteiger partial charge < -0.3 is 10.4 Å². The molecule has 1 aliphatic carbocycles. The normalized spacial score (nSPS) is 23.5. The molecule has 0 heterocycles. The second-order valence-electron chi connectivity index (χ2n) is 4.95. The molecule has 106 valence electrons. The van der Waals surface area contributed by atoms with Crippen LogP contribution in [0.25, 0.3) is 0 Å². The third-order valence-electron chi connectivity index (χ3n) is 3.65. The molecule has 0 aromatic heterocycles. The molecule has 0 amide bonds. The fourth-order valence-electron chi connectivity index (χ4n) is 2.58. The van der Waals surface area contributed by atoms with Gasteiger partial charge in [-0.15, -0.1) is 0 Å². The van der Waals surface area contributed by atoms with Gasteiger partial charge in [-0.05, 0) is 68.7 Å². The van der Waals surface area contributed by atoms with Gasteiger partial charge in [0.25, 0.3) is 0 Å². The maximum atomic E-state index is 9.71. The Balaban J connectivity index is 1.98. The summed E-state index contributed by atoms with van der Waals surface area (Å²) in [6.07, 6.45) is 7.49. The maximum absolute atomic E-state index is 9.71. The Bertz CT molecular complexity index is 418. The quantitative estimate of drug-likeness (QED) is 0.758. The van der Waals surface area contributed by atoms with Gasteiger partial charge in [-0.2, -0.15) is 11.8 Å². The van der Waals surface area contributed by atoms with Crippen molar-refractivity contribution >= 4 is 43.6 Å². The van der Waals surface area contributed by atoms with E-state index in [1.807, 2.05) is 23.9 Å². The van der Waals surface area contributed by atoms with Crippen molar-refractivity contribution in [3.05, 3.63) is 26.6 Å². The van der Waals surface area contributed by atoms with E-state index in [4.69, 9.17) is 0 Å². The molecule has 0 saturated heterocycles.